The van der Waals surface area contributed by atoms with Crippen LogP contribution in [0.15, 0.2) is 49.1 Å². The van der Waals surface area contributed by atoms with Crippen LogP contribution in [0.1, 0.15) is 60.3 Å². The van der Waals surface area contributed by atoms with Gasteiger partial charge >= 0.3 is 0 Å². The second-order valence-corrected chi connectivity index (χ2v) is 7.19. The Bertz CT molecular complexity index is 577. The number of nitrogens with zero attached hydrogens (tertiary/aromatic N) is 2. The highest BCUT2D eigenvalue weighted by molar-refractivity contribution is 5.30. The van der Waals surface area contributed by atoms with Crippen molar-refractivity contribution in [2.24, 2.45) is 5.41 Å². The van der Waals surface area contributed by atoms with Gasteiger partial charge in [0.2, 0.25) is 6.33 Å². The summed E-state index contributed by atoms with van der Waals surface area (Å²) in [6.45, 7) is 11.7. The van der Waals surface area contributed by atoms with Crippen LogP contribution in [0.25, 0.3) is 5.69 Å². The van der Waals surface area contributed by atoms with Crippen molar-refractivity contribution in [2.75, 3.05) is 0 Å². The molecule has 0 atom stereocenters. The van der Waals surface area contributed by atoms with Gasteiger partial charge in [-0.15, -0.1) is 0 Å². The van der Waals surface area contributed by atoms with Crippen LogP contribution in [0.4, 0.5) is 0 Å². The number of para-hydroxylation sites is 1. The first kappa shape index (κ1) is 16.8. The van der Waals surface area contributed by atoms with E-state index < -0.39 is 0 Å². The maximum absolute atomic E-state index is 2.44. The second kappa shape index (κ2) is 6.68. The maximum Gasteiger partial charge on any atom is 0.249 e. The minimum Gasteiger partial charge on any atom is -0.231 e. The summed E-state index contributed by atoms with van der Waals surface area (Å²) >= 11 is 0. The molecule has 2 nitrogen and oxygen atoms in total. The molecule has 0 spiro atoms. The molecule has 2 heteroatoms. The van der Waals surface area contributed by atoms with E-state index in [0.717, 1.165) is 12.8 Å². The molecular weight excluding hydrogens is 268 g/mol. The number of hydrogen-bond acceptors (Lipinski definition) is 0. The SMILES string of the molecule is CCC(C)(C)CC(CC)(CC)[n+]1ccn(-c2ccccc2)c1. The molecule has 120 valence electrons. The molecule has 0 amide bonds. The van der Waals surface area contributed by atoms with Gasteiger partial charge in [-0.05, 0) is 36.8 Å². The van der Waals surface area contributed by atoms with E-state index >= 15 is 0 Å². The number of rotatable bonds is 7. The first-order valence-electron chi connectivity index (χ1n) is 8.61. The molecular formula is C20H31N2+. The summed E-state index contributed by atoms with van der Waals surface area (Å²) in [7, 11) is 0. The molecule has 0 unspecified atom stereocenters. The van der Waals surface area contributed by atoms with Gasteiger partial charge in [-0.3, -0.25) is 0 Å². The second-order valence-electron chi connectivity index (χ2n) is 7.19. The van der Waals surface area contributed by atoms with Crippen molar-refractivity contribution in [2.45, 2.75) is 65.8 Å². The molecule has 22 heavy (non-hydrogen) atoms. The van der Waals surface area contributed by atoms with Crippen molar-refractivity contribution in [3.63, 3.8) is 0 Å². The molecule has 1 aromatic carbocycles. The average molecular weight is 299 g/mol. The summed E-state index contributed by atoms with van der Waals surface area (Å²) in [5.74, 6) is 0. The molecule has 0 aliphatic rings. The lowest BCUT2D eigenvalue weighted by Crippen LogP contribution is -2.56. The lowest BCUT2D eigenvalue weighted by Gasteiger charge is -2.36. The van der Waals surface area contributed by atoms with Crippen LogP contribution in [0.5, 0.6) is 0 Å². The van der Waals surface area contributed by atoms with Gasteiger partial charge < -0.3 is 0 Å². The summed E-state index contributed by atoms with van der Waals surface area (Å²) in [6, 6.07) is 10.5. The summed E-state index contributed by atoms with van der Waals surface area (Å²) in [4.78, 5) is 0. The van der Waals surface area contributed by atoms with Crippen LogP contribution in [-0.2, 0) is 5.54 Å². The third kappa shape index (κ3) is 3.43. The van der Waals surface area contributed by atoms with E-state index in [1.165, 1.54) is 18.5 Å². The molecule has 0 radical (unpaired) electrons. The van der Waals surface area contributed by atoms with Gasteiger partial charge in [-0.25, -0.2) is 9.13 Å². The monoisotopic (exact) mass is 299 g/mol. The van der Waals surface area contributed by atoms with Gasteiger partial charge in [-0.2, -0.15) is 0 Å². The van der Waals surface area contributed by atoms with Crippen molar-refractivity contribution < 1.29 is 4.57 Å². The van der Waals surface area contributed by atoms with Crippen LogP contribution < -0.4 is 4.57 Å². The van der Waals surface area contributed by atoms with Crippen molar-refractivity contribution >= 4 is 0 Å². The van der Waals surface area contributed by atoms with Crippen molar-refractivity contribution in [3.05, 3.63) is 49.1 Å². The zero-order chi connectivity index (χ0) is 16.2. The summed E-state index contributed by atoms with van der Waals surface area (Å²) in [5.41, 5.74) is 1.80. The van der Waals surface area contributed by atoms with Gasteiger partial charge in [0, 0.05) is 0 Å². The largest absolute Gasteiger partial charge is 0.249 e. The van der Waals surface area contributed by atoms with Crippen LogP contribution in [0, 0.1) is 5.41 Å². The Morgan fingerprint density at radius 2 is 1.59 bits per heavy atom. The third-order valence-corrected chi connectivity index (χ3v) is 5.32. The number of benzene rings is 1. The van der Waals surface area contributed by atoms with Crippen LogP contribution in [0.3, 0.4) is 0 Å². The summed E-state index contributed by atoms with van der Waals surface area (Å²) in [6.07, 6.45) is 11.4. The minimum absolute atomic E-state index is 0.208. The zero-order valence-corrected chi connectivity index (χ0v) is 14.8. The maximum atomic E-state index is 2.44. The average Bonchev–Trinajstić information content (AvgIpc) is 3.04. The number of aromatic nitrogens is 2. The molecule has 1 aromatic heterocycles. The first-order chi connectivity index (χ1) is 10.5. The highest BCUT2D eigenvalue weighted by Crippen LogP contribution is 2.36. The molecule has 0 aliphatic carbocycles. The summed E-state index contributed by atoms with van der Waals surface area (Å²) < 4.78 is 4.66. The predicted octanol–water partition coefficient (Wildman–Crippen LogP) is 5.11. The quantitative estimate of drug-likeness (QED) is 0.628. The molecule has 0 fully saturated rings. The van der Waals surface area contributed by atoms with E-state index in [4.69, 9.17) is 0 Å². The van der Waals surface area contributed by atoms with Gasteiger partial charge in [0.25, 0.3) is 0 Å². The van der Waals surface area contributed by atoms with Gasteiger partial charge in [-0.1, -0.05) is 59.2 Å². The normalized spacial score (nSPS) is 12.6. The van der Waals surface area contributed by atoms with Crippen LogP contribution in [-0.4, -0.2) is 4.57 Å². The highest BCUT2D eigenvalue weighted by Gasteiger charge is 2.38. The first-order valence-corrected chi connectivity index (χ1v) is 8.61. The Morgan fingerprint density at radius 1 is 0.955 bits per heavy atom. The lowest BCUT2D eigenvalue weighted by atomic mass is 9.74. The predicted molar refractivity (Wildman–Crippen MR) is 93.2 cm³/mol. The van der Waals surface area contributed by atoms with E-state index in [-0.39, 0.29) is 5.54 Å². The van der Waals surface area contributed by atoms with E-state index in [1.807, 2.05) is 0 Å². The Morgan fingerprint density at radius 3 is 2.14 bits per heavy atom. The Kier molecular flexibility index (Phi) is 5.10. The molecule has 0 N–H and O–H groups in total. The lowest BCUT2D eigenvalue weighted by molar-refractivity contribution is -0.768. The van der Waals surface area contributed by atoms with Gasteiger partial charge in [0.15, 0.2) is 0 Å². The molecule has 0 saturated heterocycles. The van der Waals surface area contributed by atoms with Gasteiger partial charge in [0.05, 0.1) is 0 Å². The Balaban J connectivity index is 2.36. The zero-order valence-electron chi connectivity index (χ0n) is 14.8. The van der Waals surface area contributed by atoms with Crippen molar-refractivity contribution in [1.82, 2.24) is 4.57 Å². The molecule has 2 rings (SSSR count). The summed E-state index contributed by atoms with van der Waals surface area (Å²) in [5, 5.41) is 0. The van der Waals surface area contributed by atoms with Crippen molar-refractivity contribution in [1.29, 1.82) is 0 Å². The van der Waals surface area contributed by atoms with E-state index in [1.54, 1.807) is 0 Å². The number of hydrogen-bond donors (Lipinski definition) is 0. The molecule has 0 aliphatic heterocycles. The number of imidazole rings is 1. The molecule has 0 saturated carbocycles. The molecule has 1 heterocycles. The van der Waals surface area contributed by atoms with E-state index in [9.17, 15) is 0 Å². The fraction of sp³-hybridized carbons (Fsp3) is 0.550. The molecule has 2 aromatic rings. The third-order valence-electron chi connectivity index (χ3n) is 5.32. The smallest absolute Gasteiger partial charge is 0.231 e. The fourth-order valence-corrected chi connectivity index (χ4v) is 3.36. The van der Waals surface area contributed by atoms with Crippen molar-refractivity contribution in [3.8, 4) is 5.69 Å². The van der Waals surface area contributed by atoms with Crippen LogP contribution >= 0.6 is 0 Å². The standard InChI is InChI=1S/C20H31N2/c1-6-19(4,5)16-20(7-2,8-3)22-15-14-21(17-22)18-12-10-9-11-13-18/h9-15,17H,6-8,16H2,1-5H3/q+1. The van der Waals surface area contributed by atoms with E-state index in [2.05, 4.69) is 92.8 Å². The molecule has 0 bridgehead atoms. The Labute approximate surface area is 135 Å². The fourth-order valence-electron chi connectivity index (χ4n) is 3.36. The van der Waals surface area contributed by atoms with Crippen LogP contribution in [0.2, 0.25) is 0 Å². The Hall–Kier alpha value is -1.57. The highest BCUT2D eigenvalue weighted by atomic mass is 15.2. The minimum atomic E-state index is 0.208. The topological polar surface area (TPSA) is 8.81 Å². The van der Waals surface area contributed by atoms with Gasteiger partial charge in [0.1, 0.15) is 23.6 Å². The van der Waals surface area contributed by atoms with E-state index in [0.29, 0.717) is 5.41 Å².